The van der Waals surface area contributed by atoms with Gasteiger partial charge in [0.2, 0.25) is 0 Å². The maximum absolute atomic E-state index is 12.0. The van der Waals surface area contributed by atoms with Gasteiger partial charge in [0.05, 0.1) is 5.69 Å². The van der Waals surface area contributed by atoms with Crippen LogP contribution in [0, 0.1) is 13.8 Å². The van der Waals surface area contributed by atoms with Crippen LogP contribution in [0.4, 0.5) is 0 Å². The van der Waals surface area contributed by atoms with E-state index in [0.29, 0.717) is 12.1 Å². The first-order valence-corrected chi connectivity index (χ1v) is 6.47. The number of aromatic amines is 2. The summed E-state index contributed by atoms with van der Waals surface area (Å²) in [5, 5.41) is 9.84. The van der Waals surface area contributed by atoms with Gasteiger partial charge in [-0.3, -0.25) is 14.7 Å². The fourth-order valence-electron chi connectivity index (χ4n) is 2.05. The van der Waals surface area contributed by atoms with Crippen LogP contribution in [0.15, 0.2) is 23.0 Å². The Morgan fingerprint density at radius 3 is 2.65 bits per heavy atom. The predicted molar refractivity (Wildman–Crippen MR) is 75.8 cm³/mol. The zero-order chi connectivity index (χ0) is 14.7. The van der Waals surface area contributed by atoms with Gasteiger partial charge in [-0.05, 0) is 26.8 Å². The molecule has 0 saturated heterocycles. The third-order valence-corrected chi connectivity index (χ3v) is 2.87. The number of hydrogen-bond donors (Lipinski definition) is 3. The molecule has 0 aromatic carbocycles. The van der Waals surface area contributed by atoms with Gasteiger partial charge >= 0.3 is 0 Å². The van der Waals surface area contributed by atoms with E-state index >= 15 is 0 Å². The van der Waals surface area contributed by atoms with Gasteiger partial charge in [-0.15, -0.1) is 0 Å². The molecule has 2 heterocycles. The van der Waals surface area contributed by atoms with Crippen LogP contribution in [0.2, 0.25) is 0 Å². The maximum Gasteiger partial charge on any atom is 0.268 e. The molecule has 106 valence electrons. The Bertz CT molecular complexity index is 672. The monoisotopic (exact) mass is 274 g/mol. The SMILES string of the molecule is Cc1cc(C[C@@H](C)NC(=O)c2cc(=O)cc(C)[nH]2)n[nH]1. The smallest absolute Gasteiger partial charge is 0.268 e. The van der Waals surface area contributed by atoms with Crippen LogP contribution < -0.4 is 10.7 Å². The van der Waals surface area contributed by atoms with E-state index in [1.54, 1.807) is 6.92 Å². The predicted octanol–water partition coefficient (Wildman–Crippen LogP) is 1.08. The van der Waals surface area contributed by atoms with Crippen molar-refractivity contribution in [2.75, 3.05) is 0 Å². The molecule has 2 aromatic rings. The van der Waals surface area contributed by atoms with Crippen molar-refractivity contribution in [2.45, 2.75) is 33.2 Å². The first kappa shape index (κ1) is 14.0. The van der Waals surface area contributed by atoms with E-state index < -0.39 is 0 Å². The first-order chi connectivity index (χ1) is 9.44. The number of H-pyrrole nitrogens is 2. The maximum atomic E-state index is 12.0. The summed E-state index contributed by atoms with van der Waals surface area (Å²) in [6, 6.07) is 4.62. The van der Waals surface area contributed by atoms with E-state index in [-0.39, 0.29) is 23.1 Å². The van der Waals surface area contributed by atoms with Crippen LogP contribution in [0.5, 0.6) is 0 Å². The molecule has 0 aliphatic rings. The van der Waals surface area contributed by atoms with Crippen LogP contribution in [-0.2, 0) is 6.42 Å². The first-order valence-electron chi connectivity index (χ1n) is 6.47. The molecule has 0 spiro atoms. The highest BCUT2D eigenvalue weighted by molar-refractivity contribution is 5.92. The van der Waals surface area contributed by atoms with Gasteiger partial charge in [-0.25, -0.2) is 0 Å². The number of carbonyl (C=O) groups excluding carboxylic acids is 1. The minimum absolute atomic E-state index is 0.0748. The van der Waals surface area contributed by atoms with Crippen LogP contribution in [0.25, 0.3) is 0 Å². The van der Waals surface area contributed by atoms with E-state index in [4.69, 9.17) is 0 Å². The second-order valence-corrected chi connectivity index (χ2v) is 5.03. The number of nitrogens with one attached hydrogen (secondary N) is 3. The second kappa shape index (κ2) is 5.73. The van der Waals surface area contributed by atoms with Gasteiger partial charge in [0.1, 0.15) is 5.69 Å². The second-order valence-electron chi connectivity index (χ2n) is 5.03. The lowest BCUT2D eigenvalue weighted by molar-refractivity contribution is 0.0934. The molecular weight excluding hydrogens is 256 g/mol. The average molecular weight is 274 g/mol. The van der Waals surface area contributed by atoms with Crippen LogP contribution in [-0.4, -0.2) is 27.1 Å². The molecule has 0 fully saturated rings. The lowest BCUT2D eigenvalue weighted by atomic mass is 10.1. The van der Waals surface area contributed by atoms with Gasteiger partial charge < -0.3 is 10.3 Å². The van der Waals surface area contributed by atoms with Crippen LogP contribution in [0.1, 0.15) is 34.5 Å². The Hall–Kier alpha value is -2.37. The van der Waals surface area contributed by atoms with Gasteiger partial charge in [-0.2, -0.15) is 5.10 Å². The summed E-state index contributed by atoms with van der Waals surface area (Å²) >= 11 is 0. The fourth-order valence-corrected chi connectivity index (χ4v) is 2.05. The van der Waals surface area contributed by atoms with E-state index in [0.717, 1.165) is 11.4 Å². The minimum atomic E-state index is -0.287. The topological polar surface area (TPSA) is 90.6 Å². The Morgan fingerprint density at radius 1 is 1.30 bits per heavy atom. The van der Waals surface area contributed by atoms with Crippen molar-refractivity contribution in [3.63, 3.8) is 0 Å². The zero-order valence-corrected chi connectivity index (χ0v) is 11.8. The summed E-state index contributed by atoms with van der Waals surface area (Å²) in [6.07, 6.45) is 0.631. The van der Waals surface area contributed by atoms with Gasteiger partial charge in [-0.1, -0.05) is 0 Å². The molecule has 3 N–H and O–H groups in total. The zero-order valence-electron chi connectivity index (χ0n) is 11.8. The Kier molecular flexibility index (Phi) is 4.02. The highest BCUT2D eigenvalue weighted by Gasteiger charge is 2.12. The number of pyridine rings is 1. The molecule has 2 aromatic heterocycles. The summed E-state index contributed by atoms with van der Waals surface area (Å²) in [7, 11) is 0. The minimum Gasteiger partial charge on any atom is -0.354 e. The molecule has 6 nitrogen and oxygen atoms in total. The van der Waals surface area contributed by atoms with Crippen molar-refractivity contribution in [3.8, 4) is 0 Å². The molecule has 0 bridgehead atoms. The summed E-state index contributed by atoms with van der Waals surface area (Å²) < 4.78 is 0. The fraction of sp³-hybridized carbons (Fsp3) is 0.357. The highest BCUT2D eigenvalue weighted by atomic mass is 16.2. The Balaban J connectivity index is 2.01. The van der Waals surface area contributed by atoms with Crippen molar-refractivity contribution in [3.05, 3.63) is 51.2 Å². The number of amides is 1. The molecule has 1 atom stereocenters. The number of aryl methyl sites for hydroxylation is 2. The summed E-state index contributed by atoms with van der Waals surface area (Å²) in [5.74, 6) is -0.287. The van der Waals surface area contributed by atoms with Gasteiger partial charge in [0.15, 0.2) is 5.43 Å². The van der Waals surface area contributed by atoms with Gasteiger partial charge in [0.25, 0.3) is 5.91 Å². The van der Waals surface area contributed by atoms with E-state index in [1.165, 1.54) is 12.1 Å². The summed E-state index contributed by atoms with van der Waals surface area (Å²) in [5.41, 5.74) is 2.65. The summed E-state index contributed by atoms with van der Waals surface area (Å²) in [4.78, 5) is 26.3. The number of aromatic nitrogens is 3. The van der Waals surface area contributed by atoms with Crippen LogP contribution >= 0.6 is 0 Å². The number of hydrogen-bond acceptors (Lipinski definition) is 3. The molecule has 0 radical (unpaired) electrons. The molecule has 0 aliphatic heterocycles. The molecule has 0 saturated carbocycles. The molecule has 2 rings (SSSR count). The summed E-state index contributed by atoms with van der Waals surface area (Å²) in [6.45, 7) is 5.57. The number of carbonyl (C=O) groups is 1. The molecule has 1 amide bonds. The van der Waals surface area contributed by atoms with Crippen molar-refractivity contribution in [1.82, 2.24) is 20.5 Å². The van der Waals surface area contributed by atoms with E-state index in [9.17, 15) is 9.59 Å². The third kappa shape index (κ3) is 3.57. The number of nitrogens with zero attached hydrogens (tertiary/aromatic N) is 1. The molecule has 0 aliphatic carbocycles. The highest BCUT2D eigenvalue weighted by Crippen LogP contribution is 2.03. The van der Waals surface area contributed by atoms with Crippen molar-refractivity contribution in [1.29, 1.82) is 0 Å². The molecule has 0 unspecified atom stereocenters. The normalized spacial score (nSPS) is 12.2. The Morgan fingerprint density at radius 2 is 2.05 bits per heavy atom. The van der Waals surface area contributed by atoms with Crippen molar-refractivity contribution < 1.29 is 4.79 Å². The largest absolute Gasteiger partial charge is 0.354 e. The standard InChI is InChI=1S/C14H18N4O2/c1-8(4-11-5-10(3)17-18-11)16-14(20)13-7-12(19)6-9(2)15-13/h5-8H,4H2,1-3H3,(H,15,19)(H,16,20)(H,17,18)/t8-/m1/s1. The number of rotatable bonds is 4. The Labute approximate surface area is 116 Å². The molecular formula is C14H18N4O2. The van der Waals surface area contributed by atoms with Gasteiger partial charge in [0, 0.05) is 36.0 Å². The van der Waals surface area contributed by atoms with E-state index in [1.807, 2.05) is 19.9 Å². The van der Waals surface area contributed by atoms with Crippen molar-refractivity contribution >= 4 is 5.91 Å². The lowest BCUT2D eigenvalue weighted by Gasteiger charge is -2.12. The average Bonchev–Trinajstić information content (AvgIpc) is 2.73. The molecule has 20 heavy (non-hydrogen) atoms. The lowest BCUT2D eigenvalue weighted by Crippen LogP contribution is -2.35. The molecule has 6 heteroatoms. The third-order valence-electron chi connectivity index (χ3n) is 2.87. The van der Waals surface area contributed by atoms with Crippen molar-refractivity contribution in [2.24, 2.45) is 0 Å². The quantitative estimate of drug-likeness (QED) is 0.779. The van der Waals surface area contributed by atoms with E-state index in [2.05, 4.69) is 20.5 Å². The van der Waals surface area contributed by atoms with Crippen LogP contribution in [0.3, 0.4) is 0 Å².